The van der Waals surface area contributed by atoms with E-state index in [2.05, 4.69) is 15.5 Å². The molecule has 3 aromatic carbocycles. The number of hydrogen-bond acceptors (Lipinski definition) is 11. The Bertz CT molecular complexity index is 1960. The first kappa shape index (κ1) is 33.4. The first-order valence-corrected chi connectivity index (χ1v) is 17.1. The van der Waals surface area contributed by atoms with Gasteiger partial charge in [-0.2, -0.15) is 5.10 Å². The number of nitro benzene ring substituents is 1. The molecule has 2 amide bonds. The molecular weight excluding hydrogens is 667 g/mol. The van der Waals surface area contributed by atoms with Crippen LogP contribution in [0.2, 0.25) is 0 Å². The lowest BCUT2D eigenvalue weighted by molar-refractivity contribution is -0.384. The highest BCUT2D eigenvalue weighted by Crippen LogP contribution is 2.35. The standard InChI is InChI=1S/C34H31N7O6S2/c1-3-47-27-16-12-24(13-17-27)39-31(20-35-33(43)23-6-10-25(11-7-23)41(44)45)36-37-34(39)49-21-32(42)40-29(22-8-14-26(46-2)15-9-22)19-28(38-40)30-5-4-18-48-30/h4-18,29H,3,19-21H2,1-2H3,(H,35,43). The van der Waals surface area contributed by atoms with Gasteiger partial charge in [-0.1, -0.05) is 30.0 Å². The monoisotopic (exact) mass is 697 g/mol. The molecule has 1 unspecified atom stereocenters. The minimum atomic E-state index is -0.525. The highest BCUT2D eigenvalue weighted by molar-refractivity contribution is 7.99. The van der Waals surface area contributed by atoms with Gasteiger partial charge < -0.3 is 14.8 Å². The van der Waals surface area contributed by atoms with Gasteiger partial charge in [-0.05, 0) is 72.5 Å². The zero-order valence-corrected chi connectivity index (χ0v) is 28.1. The van der Waals surface area contributed by atoms with Crippen LogP contribution in [0.4, 0.5) is 5.69 Å². The molecule has 1 aliphatic heterocycles. The summed E-state index contributed by atoms with van der Waals surface area (Å²) in [6.45, 7) is 2.42. The average Bonchev–Trinajstić information content (AvgIpc) is 3.91. The number of benzene rings is 3. The number of aromatic nitrogens is 3. The Kier molecular flexibility index (Phi) is 10.3. The second-order valence-electron chi connectivity index (χ2n) is 10.7. The summed E-state index contributed by atoms with van der Waals surface area (Å²) in [5.74, 6) is 1.23. The van der Waals surface area contributed by atoms with Crippen molar-refractivity contribution in [2.75, 3.05) is 19.5 Å². The lowest BCUT2D eigenvalue weighted by Crippen LogP contribution is -2.28. The van der Waals surface area contributed by atoms with Crippen LogP contribution < -0.4 is 14.8 Å². The van der Waals surface area contributed by atoms with Gasteiger partial charge in [0.05, 0.1) is 47.6 Å². The Balaban J connectivity index is 1.23. The van der Waals surface area contributed by atoms with Crippen molar-refractivity contribution < 1.29 is 24.0 Å². The van der Waals surface area contributed by atoms with Gasteiger partial charge in [-0.15, -0.1) is 21.5 Å². The highest BCUT2D eigenvalue weighted by Gasteiger charge is 2.34. The van der Waals surface area contributed by atoms with E-state index in [0.717, 1.165) is 21.9 Å². The molecule has 250 valence electrons. The normalized spacial score (nSPS) is 14.0. The molecule has 15 heteroatoms. The number of methoxy groups -OCH3 is 1. The summed E-state index contributed by atoms with van der Waals surface area (Å²) in [4.78, 5) is 38.2. The number of hydrogen-bond donors (Lipinski definition) is 1. The molecule has 5 aromatic rings. The van der Waals surface area contributed by atoms with Crippen molar-refractivity contribution in [3.8, 4) is 17.2 Å². The fourth-order valence-corrected chi connectivity index (χ4v) is 6.78. The van der Waals surface area contributed by atoms with Crippen molar-refractivity contribution in [1.29, 1.82) is 0 Å². The Morgan fingerprint density at radius 2 is 1.76 bits per heavy atom. The number of carbonyl (C=O) groups is 2. The minimum absolute atomic E-state index is 0.00464. The maximum absolute atomic E-state index is 13.9. The molecular formula is C34H31N7O6S2. The summed E-state index contributed by atoms with van der Waals surface area (Å²) < 4.78 is 12.7. The molecule has 0 aliphatic carbocycles. The van der Waals surface area contributed by atoms with E-state index in [-0.39, 0.29) is 35.5 Å². The Labute approximate surface area is 289 Å². The summed E-state index contributed by atoms with van der Waals surface area (Å²) in [7, 11) is 1.61. The molecule has 0 bridgehead atoms. The maximum Gasteiger partial charge on any atom is 0.269 e. The Morgan fingerprint density at radius 1 is 1.02 bits per heavy atom. The highest BCUT2D eigenvalue weighted by atomic mass is 32.2. The number of amides is 2. The van der Waals surface area contributed by atoms with Gasteiger partial charge in [0.1, 0.15) is 11.5 Å². The summed E-state index contributed by atoms with van der Waals surface area (Å²) in [6.07, 6.45) is 0.574. The van der Waals surface area contributed by atoms with Crippen LogP contribution in [0.3, 0.4) is 0 Å². The van der Waals surface area contributed by atoms with E-state index in [0.29, 0.717) is 35.4 Å². The number of thioether (sulfide) groups is 1. The predicted octanol–water partition coefficient (Wildman–Crippen LogP) is 6.04. The van der Waals surface area contributed by atoms with E-state index >= 15 is 0 Å². The van der Waals surface area contributed by atoms with Crippen molar-refractivity contribution >= 4 is 46.3 Å². The van der Waals surface area contributed by atoms with E-state index in [4.69, 9.17) is 14.6 Å². The van der Waals surface area contributed by atoms with Gasteiger partial charge in [-0.25, -0.2) is 5.01 Å². The van der Waals surface area contributed by atoms with Crippen LogP contribution in [0.15, 0.2) is 101 Å². The number of ether oxygens (including phenoxy) is 2. The summed E-state index contributed by atoms with van der Waals surface area (Å²) in [5, 5.41) is 31.3. The van der Waals surface area contributed by atoms with Gasteiger partial charge in [-0.3, -0.25) is 24.3 Å². The lowest BCUT2D eigenvalue weighted by Gasteiger charge is -2.22. The fraction of sp³-hybridized carbons (Fsp3) is 0.206. The topological polar surface area (TPSA) is 154 Å². The number of hydrazone groups is 1. The van der Waals surface area contributed by atoms with E-state index in [1.165, 1.54) is 36.0 Å². The molecule has 2 aromatic heterocycles. The van der Waals surface area contributed by atoms with Gasteiger partial charge >= 0.3 is 0 Å². The average molecular weight is 698 g/mol. The molecule has 0 saturated carbocycles. The lowest BCUT2D eigenvalue weighted by atomic mass is 10.0. The second-order valence-corrected chi connectivity index (χ2v) is 12.6. The molecule has 3 heterocycles. The van der Waals surface area contributed by atoms with E-state index < -0.39 is 10.8 Å². The molecule has 6 rings (SSSR count). The quantitative estimate of drug-likeness (QED) is 0.0881. The molecule has 0 fully saturated rings. The zero-order valence-electron chi connectivity index (χ0n) is 26.5. The first-order chi connectivity index (χ1) is 23.8. The molecule has 1 atom stereocenters. The molecule has 49 heavy (non-hydrogen) atoms. The van der Waals surface area contributed by atoms with Crippen molar-refractivity contribution in [1.82, 2.24) is 25.1 Å². The molecule has 0 spiro atoms. The number of non-ortho nitro benzene ring substituents is 1. The van der Waals surface area contributed by atoms with Crippen molar-refractivity contribution in [3.05, 3.63) is 122 Å². The van der Waals surface area contributed by atoms with E-state index in [9.17, 15) is 19.7 Å². The largest absolute Gasteiger partial charge is 0.497 e. The number of nitro groups is 1. The third-order valence-electron chi connectivity index (χ3n) is 7.65. The summed E-state index contributed by atoms with van der Waals surface area (Å²) >= 11 is 2.79. The second kappa shape index (κ2) is 15.1. The third kappa shape index (κ3) is 7.63. The molecule has 1 aliphatic rings. The molecule has 0 radical (unpaired) electrons. The molecule has 0 saturated heterocycles. The molecule has 1 N–H and O–H groups in total. The predicted molar refractivity (Wildman–Crippen MR) is 186 cm³/mol. The SMILES string of the molecule is CCOc1ccc(-n2c(CNC(=O)c3ccc([N+](=O)[O-])cc3)nnc2SCC(=O)N2N=C(c3cccs3)CC2c2ccc(OC)cc2)cc1. The van der Waals surface area contributed by atoms with Crippen LogP contribution in [0.1, 0.15) is 46.0 Å². The van der Waals surface area contributed by atoms with Crippen LogP contribution in [0, 0.1) is 10.1 Å². The number of thiophene rings is 1. The smallest absolute Gasteiger partial charge is 0.269 e. The summed E-state index contributed by atoms with van der Waals surface area (Å²) in [6, 6.07) is 24.0. The van der Waals surface area contributed by atoms with Gasteiger partial charge in [0.25, 0.3) is 17.5 Å². The van der Waals surface area contributed by atoms with Gasteiger partial charge in [0.15, 0.2) is 11.0 Å². The van der Waals surface area contributed by atoms with Crippen molar-refractivity contribution in [2.45, 2.75) is 31.1 Å². The van der Waals surface area contributed by atoms with E-state index in [1.807, 2.05) is 73.0 Å². The maximum atomic E-state index is 13.9. The number of nitrogens with one attached hydrogen (secondary N) is 1. The first-order valence-electron chi connectivity index (χ1n) is 15.2. The Hall–Kier alpha value is -5.54. The Morgan fingerprint density at radius 3 is 2.41 bits per heavy atom. The number of rotatable bonds is 13. The van der Waals surface area contributed by atoms with Crippen LogP contribution in [0.5, 0.6) is 11.5 Å². The number of nitrogens with zero attached hydrogens (tertiary/aromatic N) is 6. The van der Waals surface area contributed by atoms with Gasteiger partial charge in [0.2, 0.25) is 0 Å². The number of carbonyl (C=O) groups excluding carboxylic acids is 2. The van der Waals surface area contributed by atoms with Crippen LogP contribution >= 0.6 is 23.1 Å². The third-order valence-corrected chi connectivity index (χ3v) is 9.48. The van der Waals surface area contributed by atoms with Crippen LogP contribution in [-0.4, -0.2) is 61.7 Å². The van der Waals surface area contributed by atoms with E-state index in [1.54, 1.807) is 28.0 Å². The fourth-order valence-electron chi connectivity index (χ4n) is 5.23. The van der Waals surface area contributed by atoms with Crippen molar-refractivity contribution in [2.24, 2.45) is 5.10 Å². The van der Waals surface area contributed by atoms with Crippen LogP contribution in [0.25, 0.3) is 5.69 Å². The van der Waals surface area contributed by atoms with Crippen LogP contribution in [-0.2, 0) is 11.3 Å². The van der Waals surface area contributed by atoms with Gasteiger partial charge in [0, 0.05) is 29.8 Å². The minimum Gasteiger partial charge on any atom is -0.497 e. The zero-order chi connectivity index (χ0) is 34.3. The summed E-state index contributed by atoms with van der Waals surface area (Å²) in [5.41, 5.74) is 2.65. The van der Waals surface area contributed by atoms with Crippen molar-refractivity contribution in [3.63, 3.8) is 0 Å². The molecule has 13 nitrogen and oxygen atoms in total.